The molecule has 9 nitrogen and oxygen atoms in total. The molecule has 45 heavy (non-hydrogen) atoms. The van der Waals surface area contributed by atoms with Gasteiger partial charge in [0, 0.05) is 42.6 Å². The van der Waals surface area contributed by atoms with Crippen LogP contribution in [0.2, 0.25) is 0 Å². The van der Waals surface area contributed by atoms with Crippen molar-refractivity contribution in [3.05, 3.63) is 102 Å². The van der Waals surface area contributed by atoms with Gasteiger partial charge in [-0.3, -0.25) is 9.78 Å². The first kappa shape index (κ1) is 29.6. The van der Waals surface area contributed by atoms with Gasteiger partial charge in [-0.15, -0.1) is 0 Å². The first-order valence-electron chi connectivity index (χ1n) is 14.9. The predicted octanol–water partition coefficient (Wildman–Crippen LogP) is 6.58. The molecule has 3 aromatic heterocycles. The van der Waals surface area contributed by atoms with Crippen molar-refractivity contribution in [3.63, 3.8) is 0 Å². The Bertz CT molecular complexity index is 1820. The molecule has 1 aliphatic rings. The number of pyridine rings is 3. The average Bonchev–Trinajstić information content (AvgIpc) is 3.88. The van der Waals surface area contributed by atoms with E-state index in [1.54, 1.807) is 26.6 Å². The van der Waals surface area contributed by atoms with Gasteiger partial charge in [0.25, 0.3) is 0 Å². The zero-order chi connectivity index (χ0) is 31.3. The van der Waals surface area contributed by atoms with E-state index >= 15 is 0 Å². The Labute approximate surface area is 262 Å². The number of carbonyl (C=O) groups excluding carboxylic acids is 1. The first-order chi connectivity index (χ1) is 22.0. The van der Waals surface area contributed by atoms with Crippen molar-refractivity contribution >= 4 is 28.3 Å². The van der Waals surface area contributed by atoms with E-state index in [0.717, 1.165) is 62.5 Å². The molecule has 0 saturated heterocycles. The summed E-state index contributed by atoms with van der Waals surface area (Å²) in [5.41, 5.74) is 5.06. The summed E-state index contributed by atoms with van der Waals surface area (Å²) in [5, 5.41) is 13.8. The van der Waals surface area contributed by atoms with Crippen molar-refractivity contribution in [1.29, 1.82) is 5.26 Å². The van der Waals surface area contributed by atoms with E-state index in [1.807, 2.05) is 48.7 Å². The van der Waals surface area contributed by atoms with Gasteiger partial charge in [-0.1, -0.05) is 31.2 Å². The van der Waals surface area contributed by atoms with Gasteiger partial charge in [0.15, 0.2) is 0 Å². The van der Waals surface area contributed by atoms with Gasteiger partial charge in [0.1, 0.15) is 23.1 Å². The zero-order valence-electron chi connectivity index (χ0n) is 25.5. The summed E-state index contributed by atoms with van der Waals surface area (Å²) in [5.74, 6) is 2.10. The van der Waals surface area contributed by atoms with Gasteiger partial charge in [0.2, 0.25) is 5.91 Å². The number of nitriles is 1. The van der Waals surface area contributed by atoms with E-state index in [-0.39, 0.29) is 17.7 Å². The highest BCUT2D eigenvalue weighted by atomic mass is 16.5. The summed E-state index contributed by atoms with van der Waals surface area (Å²) in [7, 11) is 3.32. The minimum absolute atomic E-state index is 0.177. The highest BCUT2D eigenvalue weighted by molar-refractivity contribution is 5.99. The van der Waals surface area contributed by atoms with E-state index in [4.69, 9.17) is 14.5 Å². The topological polar surface area (TPSA) is 113 Å². The fourth-order valence-corrected chi connectivity index (χ4v) is 5.50. The number of amides is 1. The first-order valence-corrected chi connectivity index (χ1v) is 14.9. The number of aromatic nitrogens is 3. The lowest BCUT2D eigenvalue weighted by atomic mass is 10.0. The fourth-order valence-electron chi connectivity index (χ4n) is 5.50. The number of hydrogen-bond donors (Lipinski definition) is 1. The van der Waals surface area contributed by atoms with Crippen LogP contribution in [0, 0.1) is 23.2 Å². The second kappa shape index (κ2) is 13.0. The number of hydrogen-bond acceptors (Lipinski definition) is 8. The number of nitrogens with zero attached hydrogens (tertiary/aromatic N) is 5. The number of nitrogens with one attached hydrogen (secondary N) is 1. The van der Waals surface area contributed by atoms with Crippen molar-refractivity contribution in [2.45, 2.75) is 32.9 Å². The minimum Gasteiger partial charge on any atom is -0.497 e. The normalized spacial score (nSPS) is 15.2. The van der Waals surface area contributed by atoms with Crippen LogP contribution in [-0.4, -0.2) is 35.1 Å². The Morgan fingerprint density at radius 1 is 0.978 bits per heavy atom. The molecule has 6 rings (SSSR count). The Kier molecular flexibility index (Phi) is 8.56. The Hall–Kier alpha value is -5.49. The fraction of sp³-hybridized carbons (Fsp3) is 0.250. The second-order valence-electron chi connectivity index (χ2n) is 11.1. The lowest BCUT2D eigenvalue weighted by Crippen LogP contribution is -2.24. The maximum absolute atomic E-state index is 12.8. The standard InChI is InChI=1S/C36H34N6O3/c1-4-25-13-14-38-19-31(25)33-16-26-17-34(41-36(43)30-15-27(30)18-37)39-20-32(26)35(40-33)42(21-23-5-9-28(44-2)10-6-23)22-24-7-11-29(45-3)12-8-24/h5-14,16-17,19-20,27,30H,4,15,21-22H2,1-3H3,(H,39,41,43)/t27-,30+/m0/s1. The lowest BCUT2D eigenvalue weighted by molar-refractivity contribution is -0.117. The number of rotatable bonds is 11. The van der Waals surface area contributed by atoms with Crippen LogP contribution in [0.25, 0.3) is 22.0 Å². The molecule has 1 amide bonds. The maximum atomic E-state index is 12.8. The highest BCUT2D eigenvalue weighted by Gasteiger charge is 2.43. The Balaban J connectivity index is 1.47. The van der Waals surface area contributed by atoms with Crippen molar-refractivity contribution in [2.24, 2.45) is 11.8 Å². The van der Waals surface area contributed by atoms with Crippen LogP contribution in [0.5, 0.6) is 11.5 Å². The van der Waals surface area contributed by atoms with Gasteiger partial charge in [-0.05, 0) is 77.4 Å². The van der Waals surface area contributed by atoms with Gasteiger partial charge in [-0.25, -0.2) is 9.97 Å². The summed E-state index contributed by atoms with van der Waals surface area (Å²) >= 11 is 0. The Morgan fingerprint density at radius 2 is 1.64 bits per heavy atom. The monoisotopic (exact) mass is 598 g/mol. The van der Waals surface area contributed by atoms with Crippen LogP contribution in [-0.2, 0) is 24.3 Å². The third-order valence-electron chi connectivity index (χ3n) is 8.17. The number of fused-ring (bicyclic) bond motifs is 1. The smallest absolute Gasteiger partial charge is 0.230 e. The van der Waals surface area contributed by atoms with Gasteiger partial charge < -0.3 is 19.7 Å². The lowest BCUT2D eigenvalue weighted by Gasteiger charge is -2.26. The highest BCUT2D eigenvalue weighted by Crippen LogP contribution is 2.39. The molecule has 0 radical (unpaired) electrons. The molecule has 3 heterocycles. The SMILES string of the molecule is CCc1ccncc1-c1cc2cc(NC(=O)[C@@H]3C[C@H]3C#N)ncc2c(N(Cc2ccc(OC)cc2)Cc2ccc(OC)cc2)n1. The molecule has 5 aromatic rings. The van der Waals surface area contributed by atoms with E-state index in [0.29, 0.717) is 25.3 Å². The molecule has 2 aromatic carbocycles. The number of methoxy groups -OCH3 is 2. The number of ether oxygens (including phenoxy) is 2. The quantitative estimate of drug-likeness (QED) is 0.182. The van der Waals surface area contributed by atoms with E-state index in [1.165, 1.54) is 0 Å². The molecule has 1 saturated carbocycles. The van der Waals surface area contributed by atoms with E-state index < -0.39 is 0 Å². The molecule has 0 aliphatic heterocycles. The molecule has 0 bridgehead atoms. The number of aryl methyl sites for hydroxylation is 1. The summed E-state index contributed by atoms with van der Waals surface area (Å²) in [6.07, 6.45) is 6.83. The molecule has 2 atom stereocenters. The zero-order valence-corrected chi connectivity index (χ0v) is 25.5. The Morgan fingerprint density at radius 3 is 2.22 bits per heavy atom. The molecule has 1 fully saturated rings. The van der Waals surface area contributed by atoms with Crippen molar-refractivity contribution in [1.82, 2.24) is 15.0 Å². The second-order valence-corrected chi connectivity index (χ2v) is 11.1. The van der Waals surface area contributed by atoms with Gasteiger partial charge >= 0.3 is 0 Å². The number of carbonyl (C=O) groups is 1. The molecule has 226 valence electrons. The summed E-state index contributed by atoms with van der Waals surface area (Å²) in [6.45, 7) is 3.26. The van der Waals surface area contributed by atoms with E-state index in [2.05, 4.69) is 57.4 Å². The van der Waals surface area contributed by atoms with Gasteiger partial charge in [-0.2, -0.15) is 5.26 Å². The maximum Gasteiger partial charge on any atom is 0.230 e. The van der Waals surface area contributed by atoms with Crippen LogP contribution < -0.4 is 19.7 Å². The molecule has 9 heteroatoms. The van der Waals surface area contributed by atoms with Crippen LogP contribution in [0.4, 0.5) is 11.6 Å². The van der Waals surface area contributed by atoms with E-state index in [9.17, 15) is 10.1 Å². The molecular weight excluding hydrogens is 564 g/mol. The summed E-state index contributed by atoms with van der Waals surface area (Å²) < 4.78 is 10.8. The molecule has 1 N–H and O–H groups in total. The number of benzene rings is 2. The summed E-state index contributed by atoms with van der Waals surface area (Å²) in [4.78, 5) is 29.3. The van der Waals surface area contributed by atoms with Crippen LogP contribution in [0.3, 0.4) is 0 Å². The predicted molar refractivity (Wildman–Crippen MR) is 174 cm³/mol. The van der Waals surface area contributed by atoms with Crippen molar-refractivity contribution in [3.8, 4) is 28.8 Å². The van der Waals surface area contributed by atoms with Gasteiger partial charge in [0.05, 0.1) is 37.8 Å². The molecular formula is C36H34N6O3. The van der Waals surface area contributed by atoms with Crippen LogP contribution in [0.15, 0.2) is 85.3 Å². The summed E-state index contributed by atoms with van der Waals surface area (Å²) in [6, 6.07) is 24.2. The average molecular weight is 599 g/mol. The molecule has 0 unspecified atom stereocenters. The molecule has 1 aliphatic carbocycles. The minimum atomic E-state index is -0.289. The third kappa shape index (κ3) is 6.55. The van der Waals surface area contributed by atoms with Crippen molar-refractivity contribution in [2.75, 3.05) is 24.4 Å². The largest absolute Gasteiger partial charge is 0.497 e. The number of anilines is 2. The van der Waals surface area contributed by atoms with Crippen LogP contribution >= 0.6 is 0 Å². The van der Waals surface area contributed by atoms with Crippen LogP contribution in [0.1, 0.15) is 30.0 Å². The third-order valence-corrected chi connectivity index (χ3v) is 8.17. The molecule has 0 spiro atoms. The van der Waals surface area contributed by atoms with Crippen molar-refractivity contribution < 1.29 is 14.3 Å².